The smallest absolute Gasteiger partial charge is 0.125 e. The molecule has 0 aromatic heterocycles. The summed E-state index contributed by atoms with van der Waals surface area (Å²) in [6, 6.07) is 4.70. The highest BCUT2D eigenvalue weighted by Crippen LogP contribution is 2.24. The van der Waals surface area contributed by atoms with Crippen LogP contribution in [0, 0.1) is 20.8 Å². The first-order valence-electron chi connectivity index (χ1n) is 6.52. The van der Waals surface area contributed by atoms with Gasteiger partial charge in [-0.3, -0.25) is 0 Å². The number of hydrogen-bond donors (Lipinski definition) is 1. The number of benzene rings is 1. The molecule has 0 aliphatic rings. The van der Waals surface area contributed by atoms with E-state index in [0.717, 1.165) is 12.2 Å². The highest BCUT2D eigenvalue weighted by Gasteiger charge is 2.13. The molecule has 0 radical (unpaired) electrons. The number of hydrogen-bond acceptors (Lipinski definition) is 3. The third-order valence-electron chi connectivity index (χ3n) is 3.25. The zero-order valence-electron chi connectivity index (χ0n) is 12.3. The zero-order chi connectivity index (χ0) is 13.7. The minimum absolute atomic E-state index is 0.370. The van der Waals surface area contributed by atoms with Crippen molar-refractivity contribution in [3.8, 4) is 5.75 Å². The van der Waals surface area contributed by atoms with E-state index in [9.17, 15) is 0 Å². The van der Waals surface area contributed by atoms with Gasteiger partial charge in [0.2, 0.25) is 0 Å². The van der Waals surface area contributed by atoms with Gasteiger partial charge in [-0.25, -0.2) is 0 Å². The molecule has 0 amide bonds. The maximum absolute atomic E-state index is 6.00. The summed E-state index contributed by atoms with van der Waals surface area (Å²) in [5, 5.41) is 0. The number of ether oxygens (including phenoxy) is 1. The van der Waals surface area contributed by atoms with Gasteiger partial charge in [0.1, 0.15) is 12.4 Å². The van der Waals surface area contributed by atoms with Crippen LogP contribution in [0.2, 0.25) is 0 Å². The molecule has 2 N–H and O–H groups in total. The molecule has 1 aromatic rings. The molecule has 0 fully saturated rings. The molecule has 0 heterocycles. The van der Waals surface area contributed by atoms with Gasteiger partial charge < -0.3 is 15.4 Å². The van der Waals surface area contributed by atoms with E-state index >= 15 is 0 Å². The van der Waals surface area contributed by atoms with Crippen LogP contribution in [0.15, 0.2) is 12.1 Å². The Balaban J connectivity index is 2.73. The van der Waals surface area contributed by atoms with Gasteiger partial charge in [0, 0.05) is 6.04 Å². The maximum Gasteiger partial charge on any atom is 0.125 e. The highest BCUT2D eigenvalue weighted by atomic mass is 16.5. The molecule has 18 heavy (non-hydrogen) atoms. The van der Waals surface area contributed by atoms with Gasteiger partial charge in [0.15, 0.2) is 0 Å². The SMILES string of the molecule is Cc1cc(C)c(OCC(CCN)N(C)C)c(C)c1. The molecule has 1 atom stereocenters. The van der Waals surface area contributed by atoms with Crippen LogP contribution >= 0.6 is 0 Å². The van der Waals surface area contributed by atoms with Gasteiger partial charge in [-0.2, -0.15) is 0 Å². The molecule has 1 aromatic carbocycles. The monoisotopic (exact) mass is 250 g/mol. The Bertz CT molecular complexity index is 365. The first kappa shape index (κ1) is 15.0. The van der Waals surface area contributed by atoms with Crippen molar-refractivity contribution in [1.29, 1.82) is 0 Å². The van der Waals surface area contributed by atoms with Crippen molar-refractivity contribution < 1.29 is 4.74 Å². The van der Waals surface area contributed by atoms with Crippen LogP contribution in [-0.2, 0) is 0 Å². The lowest BCUT2D eigenvalue weighted by molar-refractivity contribution is 0.177. The Morgan fingerprint density at radius 3 is 2.17 bits per heavy atom. The van der Waals surface area contributed by atoms with Crippen LogP contribution in [-0.4, -0.2) is 38.2 Å². The summed E-state index contributed by atoms with van der Waals surface area (Å²) in [5.74, 6) is 1.02. The topological polar surface area (TPSA) is 38.5 Å². The summed E-state index contributed by atoms with van der Waals surface area (Å²) in [4.78, 5) is 2.17. The van der Waals surface area contributed by atoms with E-state index < -0.39 is 0 Å². The standard InChI is InChI=1S/C15H26N2O/c1-11-8-12(2)15(13(3)9-11)18-10-14(6-7-16)17(4)5/h8-9,14H,6-7,10,16H2,1-5H3. The fraction of sp³-hybridized carbons (Fsp3) is 0.600. The van der Waals surface area contributed by atoms with Crippen molar-refractivity contribution >= 4 is 0 Å². The third-order valence-corrected chi connectivity index (χ3v) is 3.25. The summed E-state index contributed by atoms with van der Waals surface area (Å²) in [5.41, 5.74) is 9.33. The lowest BCUT2D eigenvalue weighted by Crippen LogP contribution is -2.35. The number of likely N-dealkylation sites (N-methyl/N-ethyl adjacent to an activating group) is 1. The predicted octanol–water partition coefficient (Wildman–Crippen LogP) is 2.27. The minimum Gasteiger partial charge on any atom is -0.491 e. The molecule has 3 nitrogen and oxygen atoms in total. The summed E-state index contributed by atoms with van der Waals surface area (Å²) in [7, 11) is 4.14. The van der Waals surface area contributed by atoms with Crippen molar-refractivity contribution in [3.05, 3.63) is 28.8 Å². The molecule has 0 bridgehead atoms. The van der Waals surface area contributed by atoms with Gasteiger partial charge in [-0.1, -0.05) is 17.7 Å². The van der Waals surface area contributed by atoms with Gasteiger partial charge in [0.25, 0.3) is 0 Å². The van der Waals surface area contributed by atoms with E-state index in [1.165, 1.54) is 16.7 Å². The largest absolute Gasteiger partial charge is 0.491 e. The van der Waals surface area contributed by atoms with Crippen molar-refractivity contribution in [1.82, 2.24) is 4.90 Å². The fourth-order valence-electron chi connectivity index (χ4n) is 2.26. The first-order valence-corrected chi connectivity index (χ1v) is 6.52. The molecule has 0 aliphatic heterocycles. The molecule has 3 heteroatoms. The summed E-state index contributed by atoms with van der Waals surface area (Å²) in [6.45, 7) is 7.69. The molecule has 1 unspecified atom stereocenters. The second-order valence-corrected chi connectivity index (χ2v) is 5.23. The van der Waals surface area contributed by atoms with Crippen molar-refractivity contribution in [2.24, 2.45) is 5.73 Å². The quantitative estimate of drug-likeness (QED) is 0.841. The molecule has 0 saturated carbocycles. The van der Waals surface area contributed by atoms with Gasteiger partial charge in [-0.15, -0.1) is 0 Å². The Morgan fingerprint density at radius 2 is 1.72 bits per heavy atom. The molecule has 0 spiro atoms. The Morgan fingerprint density at radius 1 is 1.17 bits per heavy atom. The molecular weight excluding hydrogens is 224 g/mol. The van der Waals surface area contributed by atoms with E-state index in [4.69, 9.17) is 10.5 Å². The Labute approximate surface area is 111 Å². The maximum atomic E-state index is 6.00. The van der Waals surface area contributed by atoms with Crippen molar-refractivity contribution in [3.63, 3.8) is 0 Å². The zero-order valence-corrected chi connectivity index (χ0v) is 12.3. The summed E-state index contributed by atoms with van der Waals surface area (Å²) in [6.07, 6.45) is 0.955. The average Bonchev–Trinajstić information content (AvgIpc) is 2.25. The molecule has 1 rings (SSSR count). The summed E-state index contributed by atoms with van der Waals surface area (Å²) < 4.78 is 6.00. The lowest BCUT2D eigenvalue weighted by Gasteiger charge is -2.25. The van der Waals surface area contributed by atoms with Crippen LogP contribution in [0.1, 0.15) is 23.1 Å². The van der Waals surface area contributed by atoms with E-state index in [1.807, 2.05) is 0 Å². The Kier molecular flexibility index (Phi) is 5.63. The lowest BCUT2D eigenvalue weighted by atomic mass is 10.1. The van der Waals surface area contributed by atoms with E-state index in [1.54, 1.807) is 0 Å². The van der Waals surface area contributed by atoms with Crippen molar-refractivity contribution in [2.75, 3.05) is 27.2 Å². The fourth-order valence-corrected chi connectivity index (χ4v) is 2.26. The molecule has 0 aliphatic carbocycles. The highest BCUT2D eigenvalue weighted by molar-refractivity contribution is 5.42. The van der Waals surface area contributed by atoms with Gasteiger partial charge in [-0.05, 0) is 59.0 Å². The van der Waals surface area contributed by atoms with Gasteiger partial charge >= 0.3 is 0 Å². The Hall–Kier alpha value is -1.06. The van der Waals surface area contributed by atoms with Crippen LogP contribution in [0.4, 0.5) is 0 Å². The van der Waals surface area contributed by atoms with E-state index in [-0.39, 0.29) is 0 Å². The van der Waals surface area contributed by atoms with Crippen LogP contribution in [0.5, 0.6) is 5.75 Å². The number of nitrogens with two attached hydrogens (primary N) is 1. The van der Waals surface area contributed by atoms with E-state index in [2.05, 4.69) is 51.9 Å². The molecular formula is C15H26N2O. The number of aryl methyl sites for hydroxylation is 3. The van der Waals surface area contributed by atoms with E-state index in [0.29, 0.717) is 19.2 Å². The van der Waals surface area contributed by atoms with Crippen LogP contribution in [0.3, 0.4) is 0 Å². The third kappa shape index (κ3) is 4.00. The molecule has 102 valence electrons. The first-order chi connectivity index (χ1) is 8.45. The predicted molar refractivity (Wildman–Crippen MR) is 77.3 cm³/mol. The van der Waals surface area contributed by atoms with Crippen LogP contribution in [0.25, 0.3) is 0 Å². The number of nitrogens with zero attached hydrogens (tertiary/aromatic N) is 1. The minimum atomic E-state index is 0.370. The van der Waals surface area contributed by atoms with Gasteiger partial charge in [0.05, 0.1) is 0 Å². The van der Waals surface area contributed by atoms with Crippen LogP contribution < -0.4 is 10.5 Å². The normalized spacial score (nSPS) is 12.8. The average molecular weight is 250 g/mol. The second kappa shape index (κ2) is 6.76. The van der Waals surface area contributed by atoms with Crippen molar-refractivity contribution in [2.45, 2.75) is 33.2 Å². The second-order valence-electron chi connectivity index (χ2n) is 5.23. The summed E-state index contributed by atoms with van der Waals surface area (Å²) >= 11 is 0. The number of rotatable bonds is 6. The molecule has 0 saturated heterocycles.